The van der Waals surface area contributed by atoms with E-state index in [0.717, 1.165) is 12.8 Å². The molecule has 1 aliphatic heterocycles. The fraction of sp³-hybridized carbons (Fsp3) is 0.533. The van der Waals surface area contributed by atoms with Crippen LogP contribution in [0.15, 0.2) is 24.3 Å². The molecular formula is C15H21N2O3-. The second kappa shape index (κ2) is 6.13. The number of nitrogens with one attached hydrogen (secondary N) is 1. The Kier molecular flexibility index (Phi) is 4.49. The van der Waals surface area contributed by atoms with Gasteiger partial charge in [-0.25, -0.2) is 0 Å². The van der Waals surface area contributed by atoms with Crippen molar-refractivity contribution in [3.8, 4) is 5.75 Å². The maximum Gasteiger partial charge on any atom is 0.137 e. The fourth-order valence-electron chi connectivity index (χ4n) is 3.00. The van der Waals surface area contributed by atoms with Crippen LogP contribution >= 0.6 is 0 Å². The average Bonchev–Trinajstić information content (AvgIpc) is 2.45. The quantitative estimate of drug-likeness (QED) is 0.862. The number of benzene rings is 1. The van der Waals surface area contributed by atoms with Crippen LogP contribution in [0.1, 0.15) is 31.7 Å². The molecule has 1 aliphatic rings. The van der Waals surface area contributed by atoms with E-state index in [2.05, 4.69) is 12.2 Å². The lowest BCUT2D eigenvalue weighted by Gasteiger charge is -2.49. The molecule has 2 N–H and O–H groups in total. The predicted octanol–water partition coefficient (Wildman–Crippen LogP) is 1.03. The summed E-state index contributed by atoms with van der Waals surface area (Å²) in [6.07, 6.45) is 1.35. The molecule has 2 rings (SSSR count). The number of carbonyl (C=O) groups excluding carboxylic acids is 1. The minimum atomic E-state index is -1.18. The summed E-state index contributed by atoms with van der Waals surface area (Å²) in [4.78, 5) is 12.9. The molecule has 1 aromatic rings. The maximum absolute atomic E-state index is 11.5. The summed E-state index contributed by atoms with van der Waals surface area (Å²) >= 11 is 0. The SMILES string of the molecule is CCCCC1(c2ccccc2O)CNCCN1C(=O)[O-]. The van der Waals surface area contributed by atoms with E-state index in [1.807, 2.05) is 6.07 Å². The highest BCUT2D eigenvalue weighted by Gasteiger charge is 2.41. The standard InChI is InChI=1S/C15H22N2O3/c1-2-3-8-15(12-6-4-5-7-13(12)18)11-16-9-10-17(15)14(19)20/h4-7,16,18H,2-3,8-11H2,1H3,(H,19,20)/p-1. The number of amides is 1. The zero-order valence-electron chi connectivity index (χ0n) is 11.8. The van der Waals surface area contributed by atoms with Gasteiger partial charge in [0.05, 0.1) is 5.54 Å². The first kappa shape index (κ1) is 14.7. The van der Waals surface area contributed by atoms with Crippen molar-refractivity contribution in [1.82, 2.24) is 10.2 Å². The summed E-state index contributed by atoms with van der Waals surface area (Å²) in [5, 5.41) is 24.9. The molecule has 0 spiro atoms. The predicted molar refractivity (Wildman–Crippen MR) is 74.3 cm³/mol. The zero-order chi connectivity index (χ0) is 14.6. The molecule has 0 aliphatic carbocycles. The lowest BCUT2D eigenvalue weighted by atomic mass is 9.81. The monoisotopic (exact) mass is 277 g/mol. The third-order valence-electron chi connectivity index (χ3n) is 4.02. The molecule has 5 heteroatoms. The Morgan fingerprint density at radius 1 is 1.50 bits per heavy atom. The highest BCUT2D eigenvalue weighted by Crippen LogP contribution is 2.39. The maximum atomic E-state index is 11.5. The van der Waals surface area contributed by atoms with Gasteiger partial charge in [0.25, 0.3) is 0 Å². The van der Waals surface area contributed by atoms with Gasteiger partial charge in [-0.3, -0.25) is 0 Å². The van der Waals surface area contributed by atoms with Crippen LogP contribution in [-0.2, 0) is 5.54 Å². The topological polar surface area (TPSA) is 75.6 Å². The Morgan fingerprint density at radius 3 is 2.90 bits per heavy atom. The number of para-hydroxylation sites is 1. The highest BCUT2D eigenvalue weighted by atomic mass is 16.4. The van der Waals surface area contributed by atoms with Crippen LogP contribution in [0, 0.1) is 0 Å². The van der Waals surface area contributed by atoms with Crippen LogP contribution < -0.4 is 10.4 Å². The molecule has 110 valence electrons. The Morgan fingerprint density at radius 2 is 2.25 bits per heavy atom. The van der Waals surface area contributed by atoms with Gasteiger partial charge >= 0.3 is 0 Å². The average molecular weight is 277 g/mol. The first-order valence-corrected chi connectivity index (χ1v) is 7.09. The molecule has 0 bridgehead atoms. The number of hydrogen-bond acceptors (Lipinski definition) is 4. The molecule has 0 aromatic heterocycles. The van der Waals surface area contributed by atoms with Crippen molar-refractivity contribution in [2.45, 2.75) is 31.7 Å². The number of carboxylic acid groups (broad SMARTS) is 1. The van der Waals surface area contributed by atoms with Crippen molar-refractivity contribution in [2.75, 3.05) is 19.6 Å². The molecule has 1 atom stereocenters. The first-order chi connectivity index (χ1) is 9.62. The molecule has 1 saturated heterocycles. The Bertz CT molecular complexity index is 478. The van der Waals surface area contributed by atoms with E-state index in [-0.39, 0.29) is 5.75 Å². The van der Waals surface area contributed by atoms with Crippen molar-refractivity contribution < 1.29 is 15.0 Å². The van der Waals surface area contributed by atoms with Gasteiger partial charge in [-0.05, 0) is 12.5 Å². The summed E-state index contributed by atoms with van der Waals surface area (Å²) in [6, 6.07) is 6.97. The molecule has 0 saturated carbocycles. The minimum Gasteiger partial charge on any atom is -0.530 e. The second-order valence-corrected chi connectivity index (χ2v) is 5.25. The second-order valence-electron chi connectivity index (χ2n) is 5.25. The van der Waals surface area contributed by atoms with Gasteiger partial charge in [-0.1, -0.05) is 38.0 Å². The molecule has 1 aromatic carbocycles. The van der Waals surface area contributed by atoms with Crippen molar-refractivity contribution in [3.05, 3.63) is 29.8 Å². The van der Waals surface area contributed by atoms with Crippen LogP contribution in [0.2, 0.25) is 0 Å². The van der Waals surface area contributed by atoms with Gasteiger partial charge in [0.1, 0.15) is 11.8 Å². The van der Waals surface area contributed by atoms with Crippen LogP contribution in [-0.4, -0.2) is 35.7 Å². The third-order valence-corrected chi connectivity index (χ3v) is 4.02. The lowest BCUT2D eigenvalue weighted by Crippen LogP contribution is -2.63. The summed E-state index contributed by atoms with van der Waals surface area (Å²) in [6.45, 7) is 3.55. The van der Waals surface area contributed by atoms with Crippen LogP contribution in [0.25, 0.3) is 0 Å². The third kappa shape index (κ3) is 2.58. The van der Waals surface area contributed by atoms with E-state index in [4.69, 9.17) is 0 Å². The first-order valence-electron chi connectivity index (χ1n) is 7.09. The van der Waals surface area contributed by atoms with Crippen molar-refractivity contribution in [3.63, 3.8) is 0 Å². The van der Waals surface area contributed by atoms with E-state index in [9.17, 15) is 15.0 Å². The van der Waals surface area contributed by atoms with Crippen molar-refractivity contribution in [1.29, 1.82) is 0 Å². The minimum absolute atomic E-state index is 0.138. The largest absolute Gasteiger partial charge is 0.530 e. The van der Waals surface area contributed by atoms with Gasteiger partial charge in [0.2, 0.25) is 0 Å². The van der Waals surface area contributed by atoms with Gasteiger partial charge in [0, 0.05) is 25.2 Å². The van der Waals surface area contributed by atoms with Crippen LogP contribution in [0.3, 0.4) is 0 Å². The zero-order valence-corrected chi connectivity index (χ0v) is 11.8. The molecule has 1 heterocycles. The van der Waals surface area contributed by atoms with Crippen molar-refractivity contribution >= 4 is 6.09 Å². The van der Waals surface area contributed by atoms with E-state index < -0.39 is 11.6 Å². The van der Waals surface area contributed by atoms with Gasteiger partial charge in [-0.2, -0.15) is 0 Å². The number of hydrogen-bond donors (Lipinski definition) is 2. The molecule has 0 radical (unpaired) electrons. The van der Waals surface area contributed by atoms with E-state index in [1.165, 1.54) is 4.90 Å². The van der Waals surface area contributed by atoms with E-state index >= 15 is 0 Å². The Balaban J connectivity index is 2.48. The molecular weight excluding hydrogens is 256 g/mol. The highest BCUT2D eigenvalue weighted by molar-refractivity contribution is 5.65. The normalized spacial score (nSPS) is 22.8. The fourth-order valence-corrected chi connectivity index (χ4v) is 3.00. The van der Waals surface area contributed by atoms with Crippen molar-refractivity contribution in [2.24, 2.45) is 0 Å². The Hall–Kier alpha value is -1.75. The molecule has 1 unspecified atom stereocenters. The smallest absolute Gasteiger partial charge is 0.137 e. The number of phenols is 1. The van der Waals surface area contributed by atoms with Gasteiger partial charge < -0.3 is 25.2 Å². The van der Waals surface area contributed by atoms with Gasteiger partial charge in [-0.15, -0.1) is 0 Å². The molecule has 1 amide bonds. The molecule has 5 nitrogen and oxygen atoms in total. The lowest BCUT2D eigenvalue weighted by molar-refractivity contribution is -0.274. The Labute approximate surface area is 119 Å². The molecule has 1 fully saturated rings. The number of carbonyl (C=O) groups is 1. The van der Waals surface area contributed by atoms with E-state index in [1.54, 1.807) is 18.2 Å². The summed E-state index contributed by atoms with van der Waals surface area (Å²) < 4.78 is 0. The molecule has 20 heavy (non-hydrogen) atoms. The summed E-state index contributed by atoms with van der Waals surface area (Å²) in [5.74, 6) is 0.138. The van der Waals surface area contributed by atoms with E-state index in [0.29, 0.717) is 31.6 Å². The number of rotatable bonds is 4. The number of piperazine rings is 1. The number of unbranched alkanes of at least 4 members (excludes halogenated alkanes) is 1. The number of phenolic OH excluding ortho intramolecular Hbond substituents is 1. The number of aromatic hydroxyl groups is 1. The van der Waals surface area contributed by atoms with Crippen LogP contribution in [0.4, 0.5) is 4.79 Å². The summed E-state index contributed by atoms with van der Waals surface area (Å²) in [7, 11) is 0. The van der Waals surface area contributed by atoms with Gasteiger partial charge in [0.15, 0.2) is 0 Å². The number of nitrogens with zero attached hydrogens (tertiary/aromatic N) is 1. The summed E-state index contributed by atoms with van der Waals surface area (Å²) in [5.41, 5.74) is -0.0804. The van der Waals surface area contributed by atoms with Crippen LogP contribution in [0.5, 0.6) is 5.75 Å².